The number of carbonyl (C=O) groups excluding carboxylic acids is 1. The molecule has 0 aliphatic heterocycles. The second kappa shape index (κ2) is 6.27. The van der Waals surface area contributed by atoms with E-state index in [2.05, 4.69) is 12.3 Å². The Morgan fingerprint density at radius 2 is 2.14 bits per heavy atom. The summed E-state index contributed by atoms with van der Waals surface area (Å²) in [6.45, 7) is 6.10. The minimum Gasteiger partial charge on any atom is -0.325 e. The van der Waals surface area contributed by atoms with Gasteiger partial charge in [-0.25, -0.2) is 5.84 Å². The van der Waals surface area contributed by atoms with E-state index in [1.54, 1.807) is 11.8 Å². The highest BCUT2D eigenvalue weighted by Gasteiger charge is 2.13. The van der Waals surface area contributed by atoms with Gasteiger partial charge in [-0.05, 0) is 20.3 Å². The van der Waals surface area contributed by atoms with Crippen LogP contribution in [0.5, 0.6) is 0 Å². The summed E-state index contributed by atoms with van der Waals surface area (Å²) in [5.41, 5.74) is 7.82. The van der Waals surface area contributed by atoms with E-state index in [1.807, 2.05) is 13.8 Å². The Bertz CT molecular complexity index is 179. The third-order valence-corrected chi connectivity index (χ3v) is 3.39. The Morgan fingerprint density at radius 3 is 2.57 bits per heavy atom. The summed E-state index contributed by atoms with van der Waals surface area (Å²) >= 11 is 1.79. The lowest BCUT2D eigenvalue weighted by Gasteiger charge is -2.20. The third-order valence-electron chi connectivity index (χ3n) is 1.68. The van der Waals surface area contributed by atoms with Crippen molar-refractivity contribution in [2.75, 3.05) is 5.75 Å². The number of hydrogen-bond acceptors (Lipinski definition) is 4. The van der Waals surface area contributed by atoms with Gasteiger partial charge >= 0.3 is 0 Å². The highest BCUT2D eigenvalue weighted by atomic mass is 32.2. The molecule has 0 bridgehead atoms. The van der Waals surface area contributed by atoms with Gasteiger partial charge in [0.25, 0.3) is 0 Å². The van der Waals surface area contributed by atoms with Crippen molar-refractivity contribution in [2.45, 2.75) is 44.4 Å². The van der Waals surface area contributed by atoms with E-state index in [4.69, 9.17) is 11.6 Å². The molecule has 0 saturated carbocycles. The predicted molar refractivity (Wildman–Crippen MR) is 61.8 cm³/mol. The van der Waals surface area contributed by atoms with Crippen LogP contribution in [0.25, 0.3) is 0 Å². The van der Waals surface area contributed by atoms with Crippen LogP contribution in [-0.4, -0.2) is 22.4 Å². The summed E-state index contributed by atoms with van der Waals surface area (Å²) < 4.78 is 0. The Balaban J connectivity index is 3.56. The fraction of sp³-hybridized carbons (Fsp3) is 0.889. The number of hydrogen-bond donors (Lipinski definition) is 3. The summed E-state index contributed by atoms with van der Waals surface area (Å²) in [6, 6.07) is 0. The van der Waals surface area contributed by atoms with Crippen LogP contribution in [0.15, 0.2) is 0 Å². The summed E-state index contributed by atoms with van der Waals surface area (Å²) in [6.07, 6.45) is 1.32. The molecule has 0 aromatic rings. The highest BCUT2D eigenvalue weighted by molar-refractivity contribution is 7.99. The van der Waals surface area contributed by atoms with Gasteiger partial charge in [0.2, 0.25) is 5.91 Å². The van der Waals surface area contributed by atoms with Crippen molar-refractivity contribution in [3.05, 3.63) is 0 Å². The molecule has 4 nitrogen and oxygen atoms in total. The molecule has 0 radical (unpaired) electrons. The molecule has 0 spiro atoms. The van der Waals surface area contributed by atoms with Crippen LogP contribution >= 0.6 is 11.8 Å². The van der Waals surface area contributed by atoms with Gasteiger partial charge in [-0.15, -0.1) is 0 Å². The molecule has 14 heavy (non-hydrogen) atoms. The number of nitrogens with one attached hydrogen (secondary N) is 1. The number of rotatable bonds is 6. The number of amides is 1. The minimum atomic E-state index is -0.144. The first kappa shape index (κ1) is 13.7. The highest BCUT2D eigenvalue weighted by Crippen LogP contribution is 2.19. The van der Waals surface area contributed by atoms with Crippen molar-refractivity contribution >= 4 is 17.7 Å². The number of carbonyl (C=O) groups is 1. The second-order valence-electron chi connectivity index (χ2n) is 4.22. The van der Waals surface area contributed by atoms with Crippen LogP contribution in [0.4, 0.5) is 0 Å². The van der Waals surface area contributed by atoms with Crippen LogP contribution in [-0.2, 0) is 4.79 Å². The quantitative estimate of drug-likeness (QED) is 0.347. The molecule has 5 heteroatoms. The lowest BCUT2D eigenvalue weighted by Crippen LogP contribution is -2.35. The molecule has 0 aromatic heterocycles. The zero-order valence-corrected chi connectivity index (χ0v) is 9.99. The van der Waals surface area contributed by atoms with Crippen molar-refractivity contribution in [3.8, 4) is 0 Å². The van der Waals surface area contributed by atoms with E-state index in [0.717, 1.165) is 12.2 Å². The van der Waals surface area contributed by atoms with Gasteiger partial charge in [0.15, 0.2) is 0 Å². The largest absolute Gasteiger partial charge is 0.325 e. The summed E-state index contributed by atoms with van der Waals surface area (Å²) in [4.78, 5) is 10.8. The zero-order chi connectivity index (χ0) is 11.2. The lowest BCUT2D eigenvalue weighted by atomic mass is 10.1. The lowest BCUT2D eigenvalue weighted by molar-refractivity contribution is -0.121. The molecule has 5 N–H and O–H groups in total. The van der Waals surface area contributed by atoms with Gasteiger partial charge in [-0.3, -0.25) is 10.2 Å². The molecule has 1 amide bonds. The molecule has 0 saturated heterocycles. The molecule has 0 heterocycles. The van der Waals surface area contributed by atoms with Gasteiger partial charge in [-0.1, -0.05) is 6.92 Å². The second-order valence-corrected chi connectivity index (χ2v) is 5.64. The molecule has 1 atom stereocenters. The molecule has 0 aromatic carbocycles. The normalized spacial score (nSPS) is 13.8. The number of thioether (sulfide) groups is 1. The van der Waals surface area contributed by atoms with Crippen LogP contribution in [0.1, 0.15) is 33.6 Å². The van der Waals surface area contributed by atoms with Crippen LogP contribution in [0.2, 0.25) is 0 Å². The van der Waals surface area contributed by atoms with Crippen molar-refractivity contribution in [1.82, 2.24) is 5.43 Å². The van der Waals surface area contributed by atoms with Gasteiger partial charge < -0.3 is 5.73 Å². The van der Waals surface area contributed by atoms with E-state index in [0.29, 0.717) is 11.7 Å². The maximum atomic E-state index is 10.8. The zero-order valence-electron chi connectivity index (χ0n) is 9.17. The molecule has 0 fully saturated rings. The van der Waals surface area contributed by atoms with Crippen molar-refractivity contribution in [3.63, 3.8) is 0 Å². The maximum Gasteiger partial charge on any atom is 0.233 e. The van der Waals surface area contributed by atoms with Gasteiger partial charge in [-0.2, -0.15) is 11.8 Å². The molecular weight excluding hydrogens is 198 g/mol. The first-order valence-electron chi connectivity index (χ1n) is 4.75. The number of nitrogens with two attached hydrogens (primary N) is 2. The van der Waals surface area contributed by atoms with E-state index in [9.17, 15) is 4.79 Å². The third kappa shape index (κ3) is 8.34. The Morgan fingerprint density at radius 1 is 1.57 bits per heavy atom. The SMILES string of the molecule is CC(CCC(=O)NN)SCC(C)(C)N. The molecule has 0 aliphatic rings. The van der Waals surface area contributed by atoms with Crippen LogP contribution < -0.4 is 17.0 Å². The fourth-order valence-corrected chi connectivity index (χ4v) is 1.85. The van der Waals surface area contributed by atoms with Crippen molar-refractivity contribution in [2.24, 2.45) is 11.6 Å². The van der Waals surface area contributed by atoms with Crippen molar-refractivity contribution in [1.29, 1.82) is 0 Å². The molecular formula is C9H21N3OS. The molecule has 84 valence electrons. The van der Waals surface area contributed by atoms with Gasteiger partial charge in [0.05, 0.1) is 0 Å². The van der Waals surface area contributed by atoms with E-state index >= 15 is 0 Å². The first-order chi connectivity index (χ1) is 6.35. The number of hydrazine groups is 1. The van der Waals surface area contributed by atoms with E-state index in [-0.39, 0.29) is 11.4 Å². The Labute approximate surface area is 90.1 Å². The van der Waals surface area contributed by atoms with Gasteiger partial charge in [0, 0.05) is 23.0 Å². The molecule has 1 unspecified atom stereocenters. The standard InChI is InChI=1S/C9H21N3OS/c1-7(4-5-8(13)12-11)14-6-9(2,3)10/h7H,4-6,10-11H2,1-3H3,(H,12,13). The smallest absolute Gasteiger partial charge is 0.233 e. The van der Waals surface area contributed by atoms with Crippen LogP contribution in [0, 0.1) is 0 Å². The Kier molecular flexibility index (Phi) is 6.15. The minimum absolute atomic E-state index is 0.107. The average Bonchev–Trinajstić information content (AvgIpc) is 2.09. The first-order valence-corrected chi connectivity index (χ1v) is 5.80. The molecule has 0 rings (SSSR count). The van der Waals surface area contributed by atoms with E-state index < -0.39 is 0 Å². The average molecular weight is 219 g/mol. The molecule has 0 aliphatic carbocycles. The van der Waals surface area contributed by atoms with Crippen molar-refractivity contribution < 1.29 is 4.79 Å². The maximum absolute atomic E-state index is 10.8. The summed E-state index contributed by atoms with van der Waals surface area (Å²) in [5, 5.41) is 0.440. The summed E-state index contributed by atoms with van der Waals surface area (Å²) in [5.74, 6) is 5.77. The Hall–Kier alpha value is -0.260. The topological polar surface area (TPSA) is 81.1 Å². The summed E-state index contributed by atoms with van der Waals surface area (Å²) in [7, 11) is 0. The van der Waals surface area contributed by atoms with Gasteiger partial charge in [0.1, 0.15) is 0 Å². The predicted octanol–water partition coefficient (Wildman–Crippen LogP) is 0.616. The monoisotopic (exact) mass is 219 g/mol. The fourth-order valence-electron chi connectivity index (χ4n) is 0.847. The van der Waals surface area contributed by atoms with Crippen LogP contribution in [0.3, 0.4) is 0 Å². The van der Waals surface area contributed by atoms with E-state index in [1.165, 1.54) is 0 Å².